The lowest BCUT2D eigenvalue weighted by molar-refractivity contribution is 0.222. The molecule has 2 N–H and O–H groups in total. The van der Waals surface area contributed by atoms with Crippen LogP contribution in [0.2, 0.25) is 0 Å². The molecule has 0 radical (unpaired) electrons. The van der Waals surface area contributed by atoms with Gasteiger partial charge in [-0.1, -0.05) is 39.8 Å². The molecule has 3 aromatic carbocycles. The van der Waals surface area contributed by atoms with Crippen LogP contribution in [0.4, 0.5) is 11.4 Å². The van der Waals surface area contributed by atoms with Crippen LogP contribution in [0, 0.1) is 28.6 Å². The van der Waals surface area contributed by atoms with Gasteiger partial charge in [-0.05, 0) is 78.8 Å². The van der Waals surface area contributed by atoms with Gasteiger partial charge in [-0.2, -0.15) is 4.31 Å². The van der Waals surface area contributed by atoms with Gasteiger partial charge in [0.15, 0.2) is 9.84 Å². The first kappa shape index (κ1) is 28.9. The Hall–Kier alpha value is -2.60. The van der Waals surface area contributed by atoms with E-state index in [-0.39, 0.29) is 55.6 Å². The molecule has 1 aliphatic carbocycles. The molecule has 2 aliphatic rings. The van der Waals surface area contributed by atoms with Crippen LogP contribution in [0.5, 0.6) is 0 Å². The summed E-state index contributed by atoms with van der Waals surface area (Å²) in [5, 5.41) is 14.1. The largest absolute Gasteiger partial charge is 0.291 e. The third-order valence-corrected chi connectivity index (χ3v) is 12.6. The summed E-state index contributed by atoms with van der Waals surface area (Å²) in [6.07, 6.45) is 3.07. The van der Waals surface area contributed by atoms with Crippen molar-refractivity contribution in [2.45, 2.75) is 68.4 Å². The Bertz CT molecular complexity index is 1550. The molecular formula is C29H37N3O6S2. The third kappa shape index (κ3) is 5.01. The number of anilines is 1. The number of piperidine rings is 1. The maximum Gasteiger partial charge on any atom is 0.243 e. The summed E-state index contributed by atoms with van der Waals surface area (Å²) in [4.78, 5) is 12.4. The number of nitrogens with one attached hydrogen (secondary N) is 1. The van der Waals surface area contributed by atoms with Crippen molar-refractivity contribution in [2.75, 3.05) is 18.6 Å². The van der Waals surface area contributed by atoms with Crippen molar-refractivity contribution >= 4 is 52.8 Å². The lowest BCUT2D eigenvalue weighted by Crippen LogP contribution is -2.42. The van der Waals surface area contributed by atoms with E-state index in [2.05, 4.69) is 24.5 Å². The SMILES string of the molecule is CC1CC(C)CC(S(=O)(=O)c2ccc3c(NO)c4ccc(S(=O)(=O)N5CC(C)CC(C)C5)cc4c(N=O)c3c2)C1. The highest BCUT2D eigenvalue weighted by molar-refractivity contribution is 7.92. The van der Waals surface area contributed by atoms with Crippen LogP contribution < -0.4 is 5.48 Å². The van der Waals surface area contributed by atoms with Gasteiger partial charge >= 0.3 is 0 Å². The van der Waals surface area contributed by atoms with Crippen LogP contribution in [-0.2, 0) is 19.9 Å². The smallest absolute Gasteiger partial charge is 0.243 e. The second-order valence-electron chi connectivity index (χ2n) is 12.2. The molecule has 0 spiro atoms. The van der Waals surface area contributed by atoms with E-state index < -0.39 is 25.1 Å². The first-order valence-electron chi connectivity index (χ1n) is 13.9. The summed E-state index contributed by atoms with van der Waals surface area (Å²) < 4.78 is 56.1. The molecule has 1 saturated heterocycles. The molecule has 4 unspecified atom stereocenters. The fourth-order valence-electron chi connectivity index (χ4n) is 6.99. The minimum absolute atomic E-state index is 0.0170. The van der Waals surface area contributed by atoms with E-state index >= 15 is 0 Å². The Morgan fingerprint density at radius 1 is 0.750 bits per heavy atom. The zero-order chi connectivity index (χ0) is 29.0. The van der Waals surface area contributed by atoms with Gasteiger partial charge in [0.05, 0.1) is 20.7 Å². The Balaban J connectivity index is 1.68. The van der Waals surface area contributed by atoms with Crippen molar-refractivity contribution in [1.29, 1.82) is 0 Å². The van der Waals surface area contributed by atoms with E-state index in [4.69, 9.17) is 0 Å². The lowest BCUT2D eigenvalue weighted by Gasteiger charge is -2.34. The number of fused-ring (bicyclic) bond motifs is 2. The van der Waals surface area contributed by atoms with E-state index in [0.717, 1.165) is 12.8 Å². The summed E-state index contributed by atoms with van der Waals surface area (Å²) >= 11 is 0. The number of nitrogens with zero attached hydrogens (tertiary/aromatic N) is 2. The molecule has 216 valence electrons. The topological polar surface area (TPSA) is 133 Å². The van der Waals surface area contributed by atoms with E-state index in [1.54, 1.807) is 12.1 Å². The van der Waals surface area contributed by atoms with Crippen molar-refractivity contribution < 1.29 is 22.0 Å². The first-order valence-corrected chi connectivity index (χ1v) is 16.9. The van der Waals surface area contributed by atoms with Crippen LogP contribution in [-0.4, -0.2) is 44.7 Å². The summed E-state index contributed by atoms with van der Waals surface area (Å²) in [5.74, 6) is 1.01. The fourth-order valence-corrected chi connectivity index (χ4v) is 10.8. The minimum atomic E-state index is -3.86. The normalized spacial score (nSPS) is 26.7. The number of hydrogen-bond acceptors (Lipinski definition) is 8. The van der Waals surface area contributed by atoms with E-state index in [1.807, 2.05) is 13.8 Å². The quantitative estimate of drug-likeness (QED) is 0.192. The molecule has 1 heterocycles. The van der Waals surface area contributed by atoms with E-state index in [0.29, 0.717) is 36.7 Å². The summed E-state index contributed by atoms with van der Waals surface area (Å²) in [6.45, 7) is 9.00. The van der Waals surface area contributed by atoms with Crippen molar-refractivity contribution in [3.8, 4) is 0 Å². The van der Waals surface area contributed by atoms with Crippen molar-refractivity contribution in [3.63, 3.8) is 0 Å². The molecule has 1 aliphatic heterocycles. The molecule has 0 amide bonds. The van der Waals surface area contributed by atoms with Gasteiger partial charge in [-0.15, -0.1) is 4.91 Å². The Morgan fingerprint density at radius 2 is 1.25 bits per heavy atom. The highest BCUT2D eigenvalue weighted by Crippen LogP contribution is 2.44. The van der Waals surface area contributed by atoms with E-state index in [9.17, 15) is 26.9 Å². The molecule has 1 saturated carbocycles. The zero-order valence-corrected chi connectivity index (χ0v) is 24.9. The molecule has 0 bridgehead atoms. The number of benzene rings is 3. The third-order valence-electron chi connectivity index (χ3n) is 8.61. The van der Waals surface area contributed by atoms with Crippen molar-refractivity contribution in [1.82, 2.24) is 4.31 Å². The van der Waals surface area contributed by atoms with Crippen molar-refractivity contribution in [3.05, 3.63) is 41.3 Å². The standard InChI is InChI=1S/C29H37N3O6S2/c1-17-9-18(2)12-23(11-17)39(35,36)21-5-7-24-26(13-21)29(31-34)27-14-22(6-8-25(27)28(24)30-33)40(37,38)32-15-19(3)10-20(4)16-32/h5-8,13-14,17-20,23,30,33H,9-12,15-16H2,1-4H3. The molecule has 0 aromatic heterocycles. The highest BCUT2D eigenvalue weighted by atomic mass is 32.2. The van der Waals surface area contributed by atoms with Gasteiger partial charge in [0.1, 0.15) is 5.69 Å². The molecule has 4 atom stereocenters. The number of hydrogen-bond donors (Lipinski definition) is 2. The first-order chi connectivity index (χ1) is 18.9. The average molecular weight is 588 g/mol. The fraction of sp³-hybridized carbons (Fsp3) is 0.517. The molecule has 3 aromatic rings. The number of sulfone groups is 1. The van der Waals surface area contributed by atoms with Crippen LogP contribution in [0.1, 0.15) is 53.4 Å². The minimum Gasteiger partial charge on any atom is -0.291 e. The van der Waals surface area contributed by atoms with Gasteiger partial charge < -0.3 is 0 Å². The Morgan fingerprint density at radius 3 is 1.77 bits per heavy atom. The van der Waals surface area contributed by atoms with Gasteiger partial charge in [0.25, 0.3) is 0 Å². The lowest BCUT2D eigenvalue weighted by atomic mass is 9.83. The van der Waals surface area contributed by atoms with Crippen molar-refractivity contribution in [2.24, 2.45) is 28.8 Å². The average Bonchev–Trinajstić information content (AvgIpc) is 2.89. The maximum absolute atomic E-state index is 13.7. The van der Waals surface area contributed by atoms with E-state index in [1.165, 1.54) is 28.6 Å². The second kappa shape index (κ2) is 10.7. The Kier molecular flexibility index (Phi) is 7.71. The van der Waals surface area contributed by atoms with Crippen LogP contribution in [0.25, 0.3) is 21.5 Å². The summed E-state index contributed by atoms with van der Waals surface area (Å²) in [6, 6.07) is 8.90. The van der Waals surface area contributed by atoms with Crippen LogP contribution in [0.3, 0.4) is 0 Å². The molecule has 11 heteroatoms. The maximum atomic E-state index is 13.7. The predicted molar refractivity (Wildman–Crippen MR) is 157 cm³/mol. The summed E-state index contributed by atoms with van der Waals surface area (Å²) in [7, 11) is -7.57. The molecule has 2 fully saturated rings. The molecule has 9 nitrogen and oxygen atoms in total. The van der Waals surface area contributed by atoms with Gasteiger partial charge in [-0.3, -0.25) is 10.7 Å². The predicted octanol–water partition coefficient (Wildman–Crippen LogP) is 6.46. The Labute approximate surface area is 235 Å². The molecule has 5 rings (SSSR count). The van der Waals surface area contributed by atoms with Gasteiger partial charge in [-0.25, -0.2) is 16.8 Å². The zero-order valence-electron chi connectivity index (χ0n) is 23.3. The second-order valence-corrected chi connectivity index (χ2v) is 16.4. The number of sulfonamides is 1. The van der Waals surface area contributed by atoms with Crippen LogP contribution >= 0.6 is 0 Å². The number of rotatable bonds is 6. The molecular weight excluding hydrogens is 550 g/mol. The van der Waals surface area contributed by atoms with Gasteiger partial charge in [0.2, 0.25) is 10.0 Å². The number of nitroso groups, excluding NO2 is 1. The molecule has 40 heavy (non-hydrogen) atoms. The summed E-state index contributed by atoms with van der Waals surface area (Å²) in [5.41, 5.74) is 2.35. The highest BCUT2D eigenvalue weighted by Gasteiger charge is 2.35. The van der Waals surface area contributed by atoms with Crippen LogP contribution in [0.15, 0.2) is 51.4 Å². The monoisotopic (exact) mass is 587 g/mol. The van der Waals surface area contributed by atoms with Gasteiger partial charge in [0, 0.05) is 34.6 Å².